The Kier molecular flexibility index (Phi) is 4.27. The number of aryl methyl sites for hydroxylation is 1. The number of ether oxygens (including phenoxy) is 2. The third-order valence-electron chi connectivity index (χ3n) is 2.99. The lowest BCUT2D eigenvalue weighted by molar-refractivity contribution is -0.385. The second-order valence-corrected chi connectivity index (χ2v) is 4.61. The van der Waals surface area contributed by atoms with Crippen LogP contribution in [-0.2, 0) is 6.61 Å². The van der Waals surface area contributed by atoms with Gasteiger partial charge in [0.2, 0.25) is 0 Å². The maximum absolute atomic E-state index is 10.9. The molecule has 6 nitrogen and oxygen atoms in total. The van der Waals surface area contributed by atoms with Gasteiger partial charge >= 0.3 is 0 Å². The van der Waals surface area contributed by atoms with Gasteiger partial charge in [0.1, 0.15) is 18.1 Å². The molecule has 0 heterocycles. The Morgan fingerprint density at radius 3 is 2.62 bits per heavy atom. The van der Waals surface area contributed by atoms with Crippen LogP contribution in [0.3, 0.4) is 0 Å². The van der Waals surface area contributed by atoms with E-state index in [1.54, 1.807) is 18.2 Å². The van der Waals surface area contributed by atoms with Crippen LogP contribution in [0.1, 0.15) is 11.1 Å². The number of anilines is 1. The summed E-state index contributed by atoms with van der Waals surface area (Å²) in [6, 6.07) is 9.88. The minimum Gasteiger partial charge on any atom is -0.496 e. The molecular weight excluding hydrogens is 272 g/mol. The molecule has 0 unspecified atom stereocenters. The minimum absolute atomic E-state index is 0.0259. The van der Waals surface area contributed by atoms with Gasteiger partial charge in [-0.3, -0.25) is 10.1 Å². The highest BCUT2D eigenvalue weighted by atomic mass is 16.6. The Bertz CT molecular complexity index is 671. The van der Waals surface area contributed by atoms with E-state index in [2.05, 4.69) is 0 Å². The summed E-state index contributed by atoms with van der Waals surface area (Å²) < 4.78 is 10.7. The summed E-state index contributed by atoms with van der Waals surface area (Å²) in [5.74, 6) is 1.12. The van der Waals surface area contributed by atoms with Gasteiger partial charge in [0.15, 0.2) is 0 Å². The van der Waals surface area contributed by atoms with Crippen molar-refractivity contribution in [2.45, 2.75) is 13.5 Å². The topological polar surface area (TPSA) is 87.6 Å². The number of methoxy groups -OCH3 is 1. The van der Waals surface area contributed by atoms with Gasteiger partial charge in [-0.05, 0) is 42.3 Å². The Morgan fingerprint density at radius 2 is 2.00 bits per heavy atom. The molecule has 0 amide bonds. The first-order valence-corrected chi connectivity index (χ1v) is 6.31. The van der Waals surface area contributed by atoms with Crippen LogP contribution in [0.2, 0.25) is 0 Å². The Hall–Kier alpha value is -2.76. The van der Waals surface area contributed by atoms with Crippen LogP contribution in [0.25, 0.3) is 0 Å². The molecule has 0 fully saturated rings. The fourth-order valence-corrected chi connectivity index (χ4v) is 1.95. The first kappa shape index (κ1) is 14.6. The molecule has 0 saturated heterocycles. The highest BCUT2D eigenvalue weighted by Crippen LogP contribution is 2.25. The smallest absolute Gasteiger partial charge is 0.273 e. The van der Waals surface area contributed by atoms with Gasteiger partial charge in [-0.15, -0.1) is 0 Å². The van der Waals surface area contributed by atoms with Crippen molar-refractivity contribution in [3.8, 4) is 11.5 Å². The van der Waals surface area contributed by atoms with Crippen LogP contribution >= 0.6 is 0 Å². The maximum atomic E-state index is 10.9. The fraction of sp³-hybridized carbons (Fsp3) is 0.200. The number of nitrogens with zero attached hydrogens (tertiary/aromatic N) is 1. The molecule has 2 aromatic carbocycles. The molecule has 0 aliphatic carbocycles. The number of non-ortho nitro benzene ring substituents is 1. The molecule has 21 heavy (non-hydrogen) atoms. The van der Waals surface area contributed by atoms with Crippen LogP contribution in [-0.4, -0.2) is 12.0 Å². The largest absolute Gasteiger partial charge is 0.496 e. The van der Waals surface area contributed by atoms with Crippen LogP contribution in [0.5, 0.6) is 11.5 Å². The van der Waals surface area contributed by atoms with Crippen molar-refractivity contribution >= 4 is 11.4 Å². The van der Waals surface area contributed by atoms with E-state index in [-0.39, 0.29) is 12.3 Å². The molecule has 2 rings (SSSR count). The molecule has 2 aromatic rings. The molecule has 2 N–H and O–H groups in total. The van der Waals surface area contributed by atoms with Gasteiger partial charge in [0, 0.05) is 11.8 Å². The quantitative estimate of drug-likeness (QED) is 0.519. The average molecular weight is 288 g/mol. The summed E-state index contributed by atoms with van der Waals surface area (Å²) in [5, 5.41) is 10.9. The van der Waals surface area contributed by atoms with E-state index in [1.807, 2.05) is 13.0 Å². The summed E-state index contributed by atoms with van der Waals surface area (Å²) in [4.78, 5) is 10.4. The Morgan fingerprint density at radius 1 is 1.24 bits per heavy atom. The van der Waals surface area contributed by atoms with E-state index in [1.165, 1.54) is 19.2 Å². The predicted molar refractivity (Wildman–Crippen MR) is 79.6 cm³/mol. The second-order valence-electron chi connectivity index (χ2n) is 4.61. The van der Waals surface area contributed by atoms with Crippen molar-refractivity contribution in [1.29, 1.82) is 0 Å². The zero-order valence-electron chi connectivity index (χ0n) is 11.8. The van der Waals surface area contributed by atoms with Crippen molar-refractivity contribution < 1.29 is 14.4 Å². The molecule has 0 spiro atoms. The Balaban J connectivity index is 2.19. The first-order chi connectivity index (χ1) is 9.99. The van der Waals surface area contributed by atoms with Crippen molar-refractivity contribution in [3.05, 3.63) is 57.6 Å². The van der Waals surface area contributed by atoms with E-state index in [4.69, 9.17) is 15.2 Å². The lowest BCUT2D eigenvalue weighted by atomic mass is 10.2. The number of benzene rings is 2. The van der Waals surface area contributed by atoms with Crippen LogP contribution in [0.4, 0.5) is 11.4 Å². The van der Waals surface area contributed by atoms with Crippen molar-refractivity contribution in [2.75, 3.05) is 12.8 Å². The molecule has 0 atom stereocenters. The molecule has 110 valence electrons. The zero-order chi connectivity index (χ0) is 15.4. The lowest BCUT2D eigenvalue weighted by Gasteiger charge is -2.10. The summed E-state index contributed by atoms with van der Waals surface area (Å²) in [7, 11) is 1.47. The van der Waals surface area contributed by atoms with Crippen molar-refractivity contribution in [2.24, 2.45) is 0 Å². The molecule has 0 saturated carbocycles. The number of nitro benzene ring substituents is 1. The number of nitrogen functional groups attached to an aromatic ring is 1. The summed E-state index contributed by atoms with van der Waals surface area (Å²) in [6.45, 7) is 2.10. The number of rotatable bonds is 5. The third kappa shape index (κ3) is 3.62. The number of hydrogen-bond donors (Lipinski definition) is 1. The third-order valence-corrected chi connectivity index (χ3v) is 2.99. The van der Waals surface area contributed by atoms with Crippen LogP contribution < -0.4 is 15.2 Å². The molecule has 0 bridgehead atoms. The van der Waals surface area contributed by atoms with Gasteiger partial charge in [-0.2, -0.15) is 0 Å². The summed E-state index contributed by atoms with van der Waals surface area (Å²) in [5.41, 5.74) is 7.89. The zero-order valence-corrected chi connectivity index (χ0v) is 11.8. The summed E-state index contributed by atoms with van der Waals surface area (Å²) >= 11 is 0. The van der Waals surface area contributed by atoms with Gasteiger partial charge in [-0.25, -0.2) is 0 Å². The predicted octanol–water partition coefficient (Wildman–Crippen LogP) is 3.07. The molecule has 0 aromatic heterocycles. The highest BCUT2D eigenvalue weighted by molar-refractivity contribution is 5.47. The van der Waals surface area contributed by atoms with Crippen molar-refractivity contribution in [1.82, 2.24) is 0 Å². The van der Waals surface area contributed by atoms with Crippen molar-refractivity contribution in [3.63, 3.8) is 0 Å². The van der Waals surface area contributed by atoms with E-state index in [9.17, 15) is 10.1 Å². The number of hydrogen-bond acceptors (Lipinski definition) is 5. The summed E-state index contributed by atoms with van der Waals surface area (Å²) in [6.07, 6.45) is 0. The fourth-order valence-electron chi connectivity index (χ4n) is 1.95. The number of nitrogens with two attached hydrogens (primary N) is 1. The van der Waals surface area contributed by atoms with Gasteiger partial charge in [0.25, 0.3) is 5.69 Å². The average Bonchev–Trinajstić information content (AvgIpc) is 2.46. The standard InChI is InChI=1S/C15H16N2O4/c1-10-5-12(16)3-4-15(10)21-9-11-6-13(17(18)19)8-14(7-11)20-2/h3-8H,9,16H2,1-2H3. The molecule has 6 heteroatoms. The molecular formula is C15H16N2O4. The van der Waals surface area contributed by atoms with Gasteiger partial charge in [-0.1, -0.05) is 0 Å². The van der Waals surface area contributed by atoms with Gasteiger partial charge in [0.05, 0.1) is 18.1 Å². The van der Waals surface area contributed by atoms with Crippen LogP contribution in [0.15, 0.2) is 36.4 Å². The number of nitro groups is 1. The monoisotopic (exact) mass is 288 g/mol. The van der Waals surface area contributed by atoms with Gasteiger partial charge < -0.3 is 15.2 Å². The van der Waals surface area contributed by atoms with E-state index >= 15 is 0 Å². The first-order valence-electron chi connectivity index (χ1n) is 6.31. The lowest BCUT2D eigenvalue weighted by Crippen LogP contribution is -2.00. The maximum Gasteiger partial charge on any atom is 0.273 e. The Labute approximate surface area is 122 Å². The van der Waals surface area contributed by atoms with E-state index in [0.717, 1.165) is 5.56 Å². The van der Waals surface area contributed by atoms with E-state index < -0.39 is 4.92 Å². The molecule has 0 aliphatic heterocycles. The SMILES string of the molecule is COc1cc(COc2ccc(N)cc2C)cc([N+](=O)[O-])c1. The van der Waals surface area contributed by atoms with Crippen LogP contribution in [0, 0.1) is 17.0 Å². The molecule has 0 aliphatic rings. The normalized spacial score (nSPS) is 10.2. The van der Waals surface area contributed by atoms with E-state index in [0.29, 0.717) is 22.7 Å². The minimum atomic E-state index is -0.458. The highest BCUT2D eigenvalue weighted by Gasteiger charge is 2.11. The molecule has 0 radical (unpaired) electrons. The second kappa shape index (κ2) is 6.13.